The maximum atomic E-state index is 6.10. The van der Waals surface area contributed by atoms with Gasteiger partial charge >= 0.3 is 0 Å². The first-order valence-corrected chi connectivity index (χ1v) is 7.67. The third kappa shape index (κ3) is 3.17. The minimum Gasteiger partial charge on any atom is -0.496 e. The van der Waals surface area contributed by atoms with E-state index in [1.54, 1.807) is 7.11 Å². The zero-order valence-electron chi connectivity index (χ0n) is 14.5. The molecule has 2 aromatic rings. The first kappa shape index (κ1) is 16.6. The number of ether oxygens (including phenoxy) is 1. The van der Waals surface area contributed by atoms with Crippen LogP contribution in [0.2, 0.25) is 0 Å². The van der Waals surface area contributed by atoms with Crippen LogP contribution in [0.15, 0.2) is 24.3 Å². The second-order valence-electron chi connectivity index (χ2n) is 6.83. The van der Waals surface area contributed by atoms with Crippen molar-refractivity contribution in [3.8, 4) is 5.75 Å². The molecular weight excluding hydrogens is 274 g/mol. The van der Waals surface area contributed by atoms with Crippen LogP contribution in [0.4, 0.5) is 0 Å². The third-order valence-electron chi connectivity index (χ3n) is 4.10. The standard InChI is InChI=1S/C18H27N3O/c1-12-9-16(21(5)20-12)15(11-19)14-10-13(18(2,3)4)7-8-17(14)22-6/h7-10,15H,11,19H2,1-6H3. The van der Waals surface area contributed by atoms with Crippen LogP contribution < -0.4 is 10.5 Å². The fourth-order valence-corrected chi connectivity index (χ4v) is 2.84. The van der Waals surface area contributed by atoms with Gasteiger partial charge in [0, 0.05) is 30.8 Å². The number of hydrogen-bond donors (Lipinski definition) is 1. The van der Waals surface area contributed by atoms with Gasteiger partial charge < -0.3 is 10.5 Å². The number of benzene rings is 1. The van der Waals surface area contributed by atoms with Gasteiger partial charge in [0.15, 0.2) is 0 Å². The van der Waals surface area contributed by atoms with Crippen LogP contribution in [0, 0.1) is 6.92 Å². The quantitative estimate of drug-likeness (QED) is 0.944. The topological polar surface area (TPSA) is 53.1 Å². The van der Waals surface area contributed by atoms with Crippen molar-refractivity contribution < 1.29 is 4.74 Å². The summed E-state index contributed by atoms with van der Waals surface area (Å²) in [6, 6.07) is 8.49. The largest absolute Gasteiger partial charge is 0.496 e. The fraction of sp³-hybridized carbons (Fsp3) is 0.500. The highest BCUT2D eigenvalue weighted by Crippen LogP contribution is 2.35. The van der Waals surface area contributed by atoms with Crippen LogP contribution >= 0.6 is 0 Å². The Hall–Kier alpha value is -1.81. The minimum absolute atomic E-state index is 0.0726. The molecule has 0 amide bonds. The van der Waals surface area contributed by atoms with Crippen molar-refractivity contribution >= 4 is 0 Å². The van der Waals surface area contributed by atoms with E-state index < -0.39 is 0 Å². The van der Waals surface area contributed by atoms with E-state index in [0.29, 0.717) is 6.54 Å². The summed E-state index contributed by atoms with van der Waals surface area (Å²) in [6.07, 6.45) is 0. The van der Waals surface area contributed by atoms with E-state index in [1.807, 2.05) is 24.7 Å². The van der Waals surface area contributed by atoms with E-state index in [4.69, 9.17) is 10.5 Å². The van der Waals surface area contributed by atoms with Crippen molar-refractivity contribution in [1.29, 1.82) is 0 Å². The van der Waals surface area contributed by atoms with Crippen molar-refractivity contribution in [3.63, 3.8) is 0 Å². The third-order valence-corrected chi connectivity index (χ3v) is 4.10. The molecule has 1 heterocycles. The Morgan fingerprint density at radius 1 is 1.27 bits per heavy atom. The van der Waals surface area contributed by atoms with Crippen molar-refractivity contribution in [3.05, 3.63) is 46.8 Å². The zero-order chi connectivity index (χ0) is 16.5. The Morgan fingerprint density at radius 3 is 2.41 bits per heavy atom. The predicted octanol–water partition coefficient (Wildman–Crippen LogP) is 3.13. The molecule has 2 rings (SSSR count). The maximum absolute atomic E-state index is 6.10. The molecule has 2 N–H and O–H groups in total. The summed E-state index contributed by atoms with van der Waals surface area (Å²) in [4.78, 5) is 0. The highest BCUT2D eigenvalue weighted by Gasteiger charge is 2.23. The number of rotatable bonds is 4. The Kier molecular flexibility index (Phi) is 4.61. The molecule has 0 aliphatic carbocycles. The van der Waals surface area contributed by atoms with E-state index in [-0.39, 0.29) is 11.3 Å². The Labute approximate surface area is 133 Å². The van der Waals surface area contributed by atoms with Gasteiger partial charge in [0.1, 0.15) is 5.75 Å². The summed E-state index contributed by atoms with van der Waals surface area (Å²) >= 11 is 0. The maximum Gasteiger partial charge on any atom is 0.122 e. The number of aryl methyl sites for hydroxylation is 2. The molecule has 4 heteroatoms. The lowest BCUT2D eigenvalue weighted by Gasteiger charge is -2.24. The van der Waals surface area contributed by atoms with Crippen molar-refractivity contribution in [2.24, 2.45) is 12.8 Å². The van der Waals surface area contributed by atoms with Crippen LogP contribution in [-0.4, -0.2) is 23.4 Å². The lowest BCUT2D eigenvalue weighted by Crippen LogP contribution is -2.19. The van der Waals surface area contributed by atoms with E-state index in [2.05, 4.69) is 44.1 Å². The monoisotopic (exact) mass is 301 g/mol. The van der Waals surface area contributed by atoms with Gasteiger partial charge in [0.05, 0.1) is 12.8 Å². The molecule has 0 spiro atoms. The minimum atomic E-state index is 0.0726. The number of aromatic nitrogens is 2. The summed E-state index contributed by atoms with van der Waals surface area (Å²) in [5.74, 6) is 0.950. The molecule has 0 fully saturated rings. The van der Waals surface area contributed by atoms with Gasteiger partial charge in [-0.25, -0.2) is 0 Å². The summed E-state index contributed by atoms with van der Waals surface area (Å²) in [6.45, 7) is 9.15. The first-order chi connectivity index (χ1) is 10.3. The highest BCUT2D eigenvalue weighted by atomic mass is 16.5. The van der Waals surface area contributed by atoms with E-state index in [9.17, 15) is 0 Å². The van der Waals surface area contributed by atoms with Gasteiger partial charge in [0.2, 0.25) is 0 Å². The molecule has 0 radical (unpaired) electrons. The second kappa shape index (κ2) is 6.13. The number of nitrogens with zero attached hydrogens (tertiary/aromatic N) is 2. The number of hydrogen-bond acceptors (Lipinski definition) is 3. The lowest BCUT2D eigenvalue weighted by atomic mass is 9.83. The Morgan fingerprint density at radius 2 is 1.95 bits per heavy atom. The van der Waals surface area contributed by atoms with Crippen molar-refractivity contribution in [1.82, 2.24) is 9.78 Å². The molecule has 4 nitrogen and oxygen atoms in total. The predicted molar refractivity (Wildman–Crippen MR) is 90.5 cm³/mol. The summed E-state index contributed by atoms with van der Waals surface area (Å²) in [7, 11) is 3.67. The van der Waals surface area contributed by atoms with Gasteiger partial charge in [-0.2, -0.15) is 5.10 Å². The summed E-state index contributed by atoms with van der Waals surface area (Å²) in [5, 5.41) is 4.45. The summed E-state index contributed by atoms with van der Waals surface area (Å²) < 4.78 is 7.49. The fourth-order valence-electron chi connectivity index (χ4n) is 2.84. The zero-order valence-corrected chi connectivity index (χ0v) is 14.5. The van der Waals surface area contributed by atoms with Crippen LogP contribution in [0.25, 0.3) is 0 Å². The van der Waals surface area contributed by atoms with Gasteiger partial charge in [-0.1, -0.05) is 32.9 Å². The molecule has 0 saturated heterocycles. The Balaban J connectivity index is 2.58. The van der Waals surface area contributed by atoms with Crippen molar-refractivity contribution in [2.75, 3.05) is 13.7 Å². The van der Waals surface area contributed by atoms with Crippen LogP contribution in [0.1, 0.15) is 49.2 Å². The molecule has 0 saturated carbocycles. The van der Waals surface area contributed by atoms with E-state index in [0.717, 1.165) is 22.7 Å². The molecule has 22 heavy (non-hydrogen) atoms. The Bertz CT molecular complexity index is 653. The van der Waals surface area contributed by atoms with Crippen LogP contribution in [0.3, 0.4) is 0 Å². The number of nitrogens with two attached hydrogens (primary N) is 1. The highest BCUT2D eigenvalue weighted by molar-refractivity contribution is 5.45. The van der Waals surface area contributed by atoms with Crippen molar-refractivity contribution in [2.45, 2.75) is 39.0 Å². The molecule has 1 unspecified atom stereocenters. The molecule has 0 aliphatic rings. The van der Waals surface area contributed by atoms with E-state index >= 15 is 0 Å². The van der Waals surface area contributed by atoms with Crippen LogP contribution in [0.5, 0.6) is 5.75 Å². The van der Waals surface area contributed by atoms with E-state index in [1.165, 1.54) is 5.56 Å². The second-order valence-corrected chi connectivity index (χ2v) is 6.83. The molecular formula is C18H27N3O. The van der Waals surface area contributed by atoms with Crippen LogP contribution in [-0.2, 0) is 12.5 Å². The normalized spacial score (nSPS) is 13.2. The summed E-state index contributed by atoms with van der Waals surface area (Å²) in [5.41, 5.74) is 10.7. The first-order valence-electron chi connectivity index (χ1n) is 7.67. The molecule has 0 bridgehead atoms. The van der Waals surface area contributed by atoms with Gasteiger partial charge in [0.25, 0.3) is 0 Å². The van der Waals surface area contributed by atoms with Gasteiger partial charge in [-0.05, 0) is 30.0 Å². The molecule has 1 aromatic carbocycles. The average Bonchev–Trinajstić information content (AvgIpc) is 2.77. The number of methoxy groups -OCH3 is 1. The smallest absolute Gasteiger partial charge is 0.122 e. The van der Waals surface area contributed by atoms with Gasteiger partial charge in [-0.15, -0.1) is 0 Å². The average molecular weight is 301 g/mol. The molecule has 1 aromatic heterocycles. The molecule has 1 atom stereocenters. The van der Waals surface area contributed by atoms with Gasteiger partial charge in [-0.3, -0.25) is 4.68 Å². The lowest BCUT2D eigenvalue weighted by molar-refractivity contribution is 0.406. The molecule has 120 valence electrons. The SMILES string of the molecule is COc1ccc(C(C)(C)C)cc1C(CN)c1cc(C)nn1C. The molecule has 0 aliphatic heterocycles.